The number of benzene rings is 2. The van der Waals surface area contributed by atoms with Gasteiger partial charge in [0.15, 0.2) is 0 Å². The van der Waals surface area contributed by atoms with Crippen molar-refractivity contribution in [2.24, 2.45) is 0 Å². The number of para-hydroxylation sites is 1. The van der Waals surface area contributed by atoms with E-state index in [1.807, 2.05) is 24.3 Å². The molecule has 0 bridgehead atoms. The van der Waals surface area contributed by atoms with Gasteiger partial charge in [-0.25, -0.2) is 0 Å². The van der Waals surface area contributed by atoms with Gasteiger partial charge in [0.25, 0.3) is 5.69 Å². The largest absolute Gasteiger partial charge is 0.496 e. The van der Waals surface area contributed by atoms with Crippen LogP contribution in [0.2, 0.25) is 0 Å². The van der Waals surface area contributed by atoms with Crippen molar-refractivity contribution in [3.05, 3.63) is 64.2 Å². The molecule has 1 heterocycles. The lowest BCUT2D eigenvalue weighted by Crippen LogP contribution is -2.05. The van der Waals surface area contributed by atoms with E-state index >= 15 is 0 Å². The van der Waals surface area contributed by atoms with Crippen LogP contribution in [0.5, 0.6) is 5.75 Å². The first-order valence-corrected chi connectivity index (χ1v) is 6.82. The van der Waals surface area contributed by atoms with Gasteiger partial charge >= 0.3 is 0 Å². The number of nitro groups is 1. The van der Waals surface area contributed by atoms with E-state index in [1.165, 1.54) is 16.9 Å². The SMILES string of the molecule is COc1ccccc1Cn1nnc(-c2cccc([N+](=O)[O-])c2)n1. The summed E-state index contributed by atoms with van der Waals surface area (Å²) in [6, 6.07) is 13.7. The Kier molecular flexibility index (Phi) is 3.96. The Morgan fingerprint density at radius 2 is 2.04 bits per heavy atom. The van der Waals surface area contributed by atoms with Gasteiger partial charge in [0, 0.05) is 23.3 Å². The van der Waals surface area contributed by atoms with E-state index in [4.69, 9.17) is 4.74 Å². The number of ether oxygens (including phenoxy) is 1. The van der Waals surface area contributed by atoms with Crippen molar-refractivity contribution < 1.29 is 9.66 Å². The fraction of sp³-hybridized carbons (Fsp3) is 0.133. The van der Waals surface area contributed by atoms with Crippen LogP contribution in [0.4, 0.5) is 5.69 Å². The first-order chi connectivity index (χ1) is 11.2. The van der Waals surface area contributed by atoms with Crippen LogP contribution >= 0.6 is 0 Å². The Balaban J connectivity index is 1.86. The van der Waals surface area contributed by atoms with Crippen LogP contribution in [0.15, 0.2) is 48.5 Å². The minimum absolute atomic E-state index is 0.0106. The third-order valence-corrected chi connectivity index (χ3v) is 3.27. The molecule has 0 N–H and O–H groups in total. The van der Waals surface area contributed by atoms with Crippen molar-refractivity contribution in [3.63, 3.8) is 0 Å². The molecule has 23 heavy (non-hydrogen) atoms. The van der Waals surface area contributed by atoms with Crippen LogP contribution < -0.4 is 4.74 Å². The van der Waals surface area contributed by atoms with Gasteiger partial charge in [-0.2, -0.15) is 4.80 Å². The topological polar surface area (TPSA) is 96.0 Å². The molecule has 0 radical (unpaired) electrons. The number of hydrogen-bond donors (Lipinski definition) is 0. The molecular formula is C15H13N5O3. The quantitative estimate of drug-likeness (QED) is 0.530. The van der Waals surface area contributed by atoms with E-state index in [1.54, 1.807) is 19.2 Å². The summed E-state index contributed by atoms with van der Waals surface area (Å²) in [6.45, 7) is 0.395. The van der Waals surface area contributed by atoms with Gasteiger partial charge in [0.2, 0.25) is 5.82 Å². The smallest absolute Gasteiger partial charge is 0.270 e. The zero-order chi connectivity index (χ0) is 16.2. The van der Waals surface area contributed by atoms with Gasteiger partial charge in [-0.1, -0.05) is 30.3 Å². The van der Waals surface area contributed by atoms with Crippen LogP contribution in [0.1, 0.15) is 5.56 Å². The van der Waals surface area contributed by atoms with E-state index in [0.717, 1.165) is 11.3 Å². The Hall–Kier alpha value is -3.29. The van der Waals surface area contributed by atoms with Crippen LogP contribution in [-0.2, 0) is 6.54 Å². The monoisotopic (exact) mass is 311 g/mol. The molecule has 0 amide bonds. The summed E-state index contributed by atoms with van der Waals surface area (Å²) in [6.07, 6.45) is 0. The van der Waals surface area contributed by atoms with Crippen molar-refractivity contribution in [3.8, 4) is 17.1 Å². The number of methoxy groups -OCH3 is 1. The molecule has 2 aromatic carbocycles. The maximum Gasteiger partial charge on any atom is 0.270 e. The second-order valence-corrected chi connectivity index (χ2v) is 4.76. The Morgan fingerprint density at radius 1 is 1.22 bits per heavy atom. The summed E-state index contributed by atoms with van der Waals surface area (Å²) < 4.78 is 5.29. The molecule has 0 spiro atoms. The van der Waals surface area contributed by atoms with Crippen molar-refractivity contribution >= 4 is 5.69 Å². The molecule has 0 saturated carbocycles. The number of rotatable bonds is 5. The van der Waals surface area contributed by atoms with Gasteiger partial charge in [0.05, 0.1) is 18.6 Å². The average Bonchev–Trinajstić information content (AvgIpc) is 3.04. The molecule has 1 aromatic heterocycles. The Morgan fingerprint density at radius 3 is 2.83 bits per heavy atom. The van der Waals surface area contributed by atoms with Crippen molar-refractivity contribution in [2.75, 3.05) is 7.11 Å². The maximum absolute atomic E-state index is 10.8. The summed E-state index contributed by atoms with van der Waals surface area (Å²) in [4.78, 5) is 11.8. The van der Waals surface area contributed by atoms with Crippen LogP contribution in [0.3, 0.4) is 0 Å². The van der Waals surface area contributed by atoms with E-state index < -0.39 is 4.92 Å². The molecule has 0 aliphatic heterocycles. The van der Waals surface area contributed by atoms with Crippen LogP contribution in [0, 0.1) is 10.1 Å². The van der Waals surface area contributed by atoms with E-state index in [0.29, 0.717) is 17.9 Å². The molecule has 0 aliphatic rings. The summed E-state index contributed by atoms with van der Waals surface area (Å²) >= 11 is 0. The first-order valence-electron chi connectivity index (χ1n) is 6.82. The van der Waals surface area contributed by atoms with E-state index in [2.05, 4.69) is 15.4 Å². The minimum Gasteiger partial charge on any atom is -0.496 e. The number of tetrazole rings is 1. The van der Waals surface area contributed by atoms with Crippen molar-refractivity contribution in [1.82, 2.24) is 20.2 Å². The van der Waals surface area contributed by atoms with Gasteiger partial charge in [-0.3, -0.25) is 10.1 Å². The third-order valence-electron chi connectivity index (χ3n) is 3.27. The molecule has 8 heteroatoms. The molecular weight excluding hydrogens is 298 g/mol. The van der Waals surface area contributed by atoms with Crippen molar-refractivity contribution in [2.45, 2.75) is 6.54 Å². The molecule has 0 unspecified atom stereocenters. The third kappa shape index (κ3) is 3.15. The molecule has 0 saturated heterocycles. The number of nitrogens with zero attached hydrogens (tertiary/aromatic N) is 5. The molecule has 116 valence electrons. The molecule has 0 fully saturated rings. The van der Waals surface area contributed by atoms with Gasteiger partial charge in [-0.15, -0.1) is 10.2 Å². The standard InChI is InChI=1S/C15H13N5O3/c1-23-14-8-3-2-5-12(14)10-19-17-15(16-18-19)11-6-4-7-13(9-11)20(21)22/h2-9H,10H2,1H3. The predicted molar refractivity (Wildman–Crippen MR) is 82.0 cm³/mol. The van der Waals surface area contributed by atoms with Gasteiger partial charge in [-0.05, 0) is 11.3 Å². The zero-order valence-corrected chi connectivity index (χ0v) is 12.3. The molecule has 8 nitrogen and oxygen atoms in total. The Labute approximate surface area is 131 Å². The van der Waals surface area contributed by atoms with E-state index in [9.17, 15) is 10.1 Å². The Bertz CT molecular complexity index is 846. The molecule has 3 rings (SSSR count). The minimum atomic E-state index is -0.456. The predicted octanol–water partition coefficient (Wildman–Crippen LogP) is 2.31. The lowest BCUT2D eigenvalue weighted by Gasteiger charge is -2.06. The lowest BCUT2D eigenvalue weighted by atomic mass is 10.2. The zero-order valence-electron chi connectivity index (χ0n) is 12.3. The molecule has 0 aliphatic carbocycles. The van der Waals surface area contributed by atoms with Crippen LogP contribution in [0.25, 0.3) is 11.4 Å². The summed E-state index contributed by atoms with van der Waals surface area (Å²) in [5.74, 6) is 1.07. The van der Waals surface area contributed by atoms with Gasteiger partial charge in [0.1, 0.15) is 5.75 Å². The first kappa shape index (κ1) is 14.6. The maximum atomic E-state index is 10.8. The summed E-state index contributed by atoms with van der Waals surface area (Å²) in [7, 11) is 1.60. The number of nitro benzene ring substituents is 1. The van der Waals surface area contributed by atoms with Gasteiger partial charge < -0.3 is 4.74 Å². The normalized spacial score (nSPS) is 10.5. The highest BCUT2D eigenvalue weighted by atomic mass is 16.6. The highest BCUT2D eigenvalue weighted by Crippen LogP contribution is 2.21. The second kappa shape index (κ2) is 6.22. The molecule has 3 aromatic rings. The summed E-state index contributed by atoms with van der Waals surface area (Å²) in [5.41, 5.74) is 1.45. The molecule has 0 atom stereocenters. The average molecular weight is 311 g/mol. The number of non-ortho nitro benzene ring substituents is 1. The van der Waals surface area contributed by atoms with E-state index in [-0.39, 0.29) is 5.69 Å². The lowest BCUT2D eigenvalue weighted by molar-refractivity contribution is -0.384. The highest BCUT2D eigenvalue weighted by Gasteiger charge is 2.12. The fourth-order valence-corrected chi connectivity index (χ4v) is 2.17. The number of hydrogen-bond acceptors (Lipinski definition) is 6. The van der Waals surface area contributed by atoms with Crippen molar-refractivity contribution in [1.29, 1.82) is 0 Å². The fourth-order valence-electron chi connectivity index (χ4n) is 2.17. The highest BCUT2D eigenvalue weighted by molar-refractivity contribution is 5.58. The summed E-state index contributed by atoms with van der Waals surface area (Å²) in [5, 5.41) is 23.0. The number of aromatic nitrogens is 4. The second-order valence-electron chi connectivity index (χ2n) is 4.76. The van der Waals surface area contributed by atoms with Crippen LogP contribution in [-0.4, -0.2) is 32.2 Å².